The van der Waals surface area contributed by atoms with Gasteiger partial charge in [-0.2, -0.15) is 0 Å². The number of Topliss-reactive ketones (excluding diaryl/α,β-unsaturated/α-hetero) is 1. The van der Waals surface area contributed by atoms with Gasteiger partial charge in [-0.15, -0.1) is 0 Å². The van der Waals surface area contributed by atoms with Crippen molar-refractivity contribution in [2.45, 2.75) is 19.4 Å². The molecule has 140 valence electrons. The number of halogens is 1. The van der Waals surface area contributed by atoms with Gasteiger partial charge in [0.1, 0.15) is 11.5 Å². The van der Waals surface area contributed by atoms with Crippen molar-refractivity contribution >= 4 is 29.2 Å². The highest BCUT2D eigenvalue weighted by atomic mass is 35.5. The first-order valence-corrected chi connectivity index (χ1v) is 8.82. The predicted molar refractivity (Wildman–Crippen MR) is 99.5 cm³/mol. The van der Waals surface area contributed by atoms with Crippen molar-refractivity contribution in [1.29, 1.82) is 0 Å². The third-order valence-corrected chi connectivity index (χ3v) is 4.61. The van der Waals surface area contributed by atoms with Crippen molar-refractivity contribution in [1.82, 2.24) is 4.90 Å². The number of nitrogens with zero attached hydrogens (tertiary/aromatic N) is 1. The Bertz CT molecular complexity index is 911. The van der Waals surface area contributed by atoms with Gasteiger partial charge in [-0.25, -0.2) is 0 Å². The second-order valence-electron chi connectivity index (χ2n) is 6.01. The summed E-state index contributed by atoms with van der Waals surface area (Å²) in [6.45, 7) is 1.39. The minimum atomic E-state index is -0.829. The molecule has 0 aliphatic carbocycles. The summed E-state index contributed by atoms with van der Waals surface area (Å²) in [7, 11) is 1.47. The fraction of sp³-hybridized carbons (Fsp3) is 0.250. The zero-order valence-electron chi connectivity index (χ0n) is 14.9. The maximum absolute atomic E-state index is 12.9. The number of imide groups is 1. The van der Waals surface area contributed by atoms with Crippen LogP contribution in [0.15, 0.2) is 42.5 Å². The average Bonchev–Trinajstić information content (AvgIpc) is 2.78. The van der Waals surface area contributed by atoms with Crippen LogP contribution < -0.4 is 9.47 Å². The number of methoxy groups -OCH3 is 1. The van der Waals surface area contributed by atoms with Gasteiger partial charge in [0.05, 0.1) is 24.2 Å². The molecule has 1 heterocycles. The molecule has 1 atom stereocenters. The lowest BCUT2D eigenvalue weighted by Gasteiger charge is -2.21. The summed E-state index contributed by atoms with van der Waals surface area (Å²) in [6.07, 6.45) is -0.454. The number of amides is 2. The van der Waals surface area contributed by atoms with Gasteiger partial charge in [0.15, 0.2) is 11.9 Å². The zero-order chi connectivity index (χ0) is 19.6. The summed E-state index contributed by atoms with van der Waals surface area (Å²) in [4.78, 5) is 39.3. The van der Waals surface area contributed by atoms with Crippen molar-refractivity contribution in [2.24, 2.45) is 0 Å². The van der Waals surface area contributed by atoms with Crippen LogP contribution in [0.1, 0.15) is 34.1 Å². The third kappa shape index (κ3) is 3.66. The molecule has 0 saturated carbocycles. The maximum Gasteiger partial charge on any atom is 0.270 e. The van der Waals surface area contributed by atoms with E-state index in [-0.39, 0.29) is 16.1 Å². The van der Waals surface area contributed by atoms with Gasteiger partial charge in [-0.05, 0) is 36.8 Å². The first-order chi connectivity index (χ1) is 13.0. The first-order valence-electron chi connectivity index (χ1n) is 8.44. The molecule has 6 nitrogen and oxygen atoms in total. The van der Waals surface area contributed by atoms with E-state index in [1.807, 2.05) is 0 Å². The Hall–Kier alpha value is -2.86. The minimum Gasteiger partial charge on any atom is -0.495 e. The zero-order valence-corrected chi connectivity index (χ0v) is 15.7. The van der Waals surface area contributed by atoms with Crippen molar-refractivity contribution in [3.8, 4) is 11.5 Å². The molecule has 1 aliphatic rings. The van der Waals surface area contributed by atoms with Crippen molar-refractivity contribution < 1.29 is 23.9 Å². The van der Waals surface area contributed by atoms with E-state index in [9.17, 15) is 14.4 Å². The van der Waals surface area contributed by atoms with Crippen LogP contribution in [-0.4, -0.2) is 42.3 Å². The second-order valence-corrected chi connectivity index (χ2v) is 6.42. The number of fused-ring (bicyclic) bond motifs is 1. The number of carbonyl (C=O) groups excluding carboxylic acids is 3. The molecule has 27 heavy (non-hydrogen) atoms. The molecule has 2 aromatic carbocycles. The highest BCUT2D eigenvalue weighted by Gasteiger charge is 2.36. The number of hydrogen-bond acceptors (Lipinski definition) is 5. The van der Waals surface area contributed by atoms with Crippen LogP contribution in [-0.2, 0) is 4.79 Å². The molecular formula is C20H18ClNO5. The lowest BCUT2D eigenvalue weighted by Crippen LogP contribution is -2.45. The van der Waals surface area contributed by atoms with Crippen LogP contribution in [0.4, 0.5) is 0 Å². The Kier molecular flexibility index (Phi) is 5.46. The van der Waals surface area contributed by atoms with Crippen LogP contribution in [0.2, 0.25) is 5.02 Å². The number of carbonyl (C=O) groups is 3. The first kappa shape index (κ1) is 18.9. The molecule has 2 aromatic rings. The Morgan fingerprint density at radius 3 is 2.63 bits per heavy atom. The summed E-state index contributed by atoms with van der Waals surface area (Å²) in [5.74, 6) is -0.727. The Labute approximate surface area is 161 Å². The summed E-state index contributed by atoms with van der Waals surface area (Å²) in [5, 5.41) is 0.275. The normalized spacial score (nSPS) is 16.4. The van der Waals surface area contributed by atoms with Gasteiger partial charge < -0.3 is 9.47 Å². The number of benzene rings is 2. The van der Waals surface area contributed by atoms with E-state index in [1.54, 1.807) is 43.3 Å². The minimum absolute atomic E-state index is 0.252. The Balaban J connectivity index is 1.92. The smallest absolute Gasteiger partial charge is 0.270 e. The molecule has 0 fully saturated rings. The summed E-state index contributed by atoms with van der Waals surface area (Å²) < 4.78 is 10.8. The van der Waals surface area contributed by atoms with Crippen molar-refractivity contribution in [3.05, 3.63) is 58.6 Å². The number of para-hydroxylation sites is 1. The number of ether oxygens (including phenoxy) is 2. The second kappa shape index (κ2) is 7.80. The van der Waals surface area contributed by atoms with Gasteiger partial charge in [-0.3, -0.25) is 19.3 Å². The molecule has 1 unspecified atom stereocenters. The van der Waals surface area contributed by atoms with Gasteiger partial charge in [0.2, 0.25) is 0 Å². The predicted octanol–water partition coefficient (Wildman–Crippen LogP) is 3.37. The molecule has 0 aromatic heterocycles. The lowest BCUT2D eigenvalue weighted by molar-refractivity contribution is -0.135. The number of ketones is 1. The fourth-order valence-corrected chi connectivity index (χ4v) is 3.11. The van der Waals surface area contributed by atoms with Crippen LogP contribution in [0.25, 0.3) is 0 Å². The molecule has 0 radical (unpaired) electrons. The van der Waals surface area contributed by atoms with Gasteiger partial charge in [-0.1, -0.05) is 30.7 Å². The van der Waals surface area contributed by atoms with Crippen LogP contribution in [0, 0.1) is 0 Å². The monoisotopic (exact) mass is 387 g/mol. The van der Waals surface area contributed by atoms with Crippen LogP contribution in [0.5, 0.6) is 11.5 Å². The van der Waals surface area contributed by atoms with E-state index in [2.05, 4.69) is 0 Å². The number of rotatable bonds is 5. The van der Waals surface area contributed by atoms with E-state index < -0.39 is 30.2 Å². The molecule has 0 saturated heterocycles. The Morgan fingerprint density at radius 2 is 1.96 bits per heavy atom. The highest BCUT2D eigenvalue weighted by Crippen LogP contribution is 2.28. The third-order valence-electron chi connectivity index (χ3n) is 4.32. The molecule has 0 spiro atoms. The molecule has 3 rings (SSSR count). The quantitative estimate of drug-likeness (QED) is 0.581. The van der Waals surface area contributed by atoms with E-state index in [0.717, 1.165) is 4.90 Å². The average molecular weight is 388 g/mol. The Morgan fingerprint density at radius 1 is 1.22 bits per heavy atom. The standard InChI is InChI=1S/C20H18ClNO5/c1-3-16-20(25)22(19(24)13-6-4-5-7-17(13)27-16)11-15(23)12-8-9-18(26-2)14(21)10-12/h4-10,16H,3,11H2,1-2H3. The van der Waals surface area contributed by atoms with Crippen molar-refractivity contribution in [3.63, 3.8) is 0 Å². The topological polar surface area (TPSA) is 72.9 Å². The highest BCUT2D eigenvalue weighted by molar-refractivity contribution is 6.32. The van der Waals surface area contributed by atoms with E-state index in [1.165, 1.54) is 13.2 Å². The van der Waals surface area contributed by atoms with Crippen LogP contribution >= 0.6 is 11.6 Å². The van der Waals surface area contributed by atoms with Gasteiger partial charge in [0.25, 0.3) is 11.8 Å². The summed E-state index contributed by atoms with van der Waals surface area (Å²) in [6, 6.07) is 11.2. The molecule has 0 N–H and O–H groups in total. The van der Waals surface area contributed by atoms with Gasteiger partial charge >= 0.3 is 0 Å². The maximum atomic E-state index is 12.9. The fourth-order valence-electron chi connectivity index (χ4n) is 2.85. The molecule has 1 aliphatic heterocycles. The SMILES string of the molecule is CCC1Oc2ccccc2C(=O)N(CC(=O)c2ccc(OC)c(Cl)c2)C1=O. The van der Waals surface area contributed by atoms with Crippen LogP contribution in [0.3, 0.4) is 0 Å². The number of hydrogen-bond donors (Lipinski definition) is 0. The van der Waals surface area contributed by atoms with Gasteiger partial charge in [0, 0.05) is 5.56 Å². The summed E-state index contributed by atoms with van der Waals surface area (Å²) >= 11 is 6.07. The molecular weight excluding hydrogens is 370 g/mol. The molecule has 0 bridgehead atoms. The van der Waals surface area contributed by atoms with E-state index in [4.69, 9.17) is 21.1 Å². The van der Waals surface area contributed by atoms with E-state index in [0.29, 0.717) is 17.9 Å². The molecule has 7 heteroatoms. The molecule has 2 amide bonds. The largest absolute Gasteiger partial charge is 0.495 e. The van der Waals surface area contributed by atoms with E-state index >= 15 is 0 Å². The van der Waals surface area contributed by atoms with Crippen molar-refractivity contribution in [2.75, 3.05) is 13.7 Å². The lowest BCUT2D eigenvalue weighted by atomic mass is 10.1. The summed E-state index contributed by atoms with van der Waals surface area (Å²) in [5.41, 5.74) is 0.537.